The number of nitrogens with two attached hydrogens (primary N) is 1. The van der Waals surface area contributed by atoms with Gasteiger partial charge in [-0.15, -0.1) is 0 Å². The second-order valence-electron chi connectivity index (χ2n) is 4.85. The van der Waals surface area contributed by atoms with Crippen LogP contribution in [0.2, 0.25) is 0 Å². The zero-order valence-corrected chi connectivity index (χ0v) is 17.6. The van der Waals surface area contributed by atoms with Crippen molar-refractivity contribution >= 4 is 87.8 Å². The topological polar surface area (TPSA) is 119 Å². The van der Waals surface area contributed by atoms with Crippen LogP contribution >= 0.6 is 69.6 Å². The van der Waals surface area contributed by atoms with E-state index in [1.165, 1.54) is 0 Å². The second kappa shape index (κ2) is 11.7. The molecule has 8 nitrogen and oxygen atoms in total. The number of amides is 2. The Kier molecular flexibility index (Phi) is 11.6. The van der Waals surface area contributed by atoms with E-state index in [0.29, 0.717) is 19.4 Å². The van der Waals surface area contributed by atoms with E-state index >= 15 is 0 Å². The summed E-state index contributed by atoms with van der Waals surface area (Å²) in [7, 11) is 0. The van der Waals surface area contributed by atoms with Gasteiger partial charge in [-0.3, -0.25) is 0 Å². The number of carbonyl (C=O) groups is 3. The van der Waals surface area contributed by atoms with Gasteiger partial charge in [-0.1, -0.05) is 69.6 Å². The molecular weight excluding hydrogens is 481 g/mol. The van der Waals surface area contributed by atoms with Crippen molar-refractivity contribution in [1.29, 1.82) is 0 Å². The predicted molar refractivity (Wildman–Crippen MR) is 99.4 cm³/mol. The van der Waals surface area contributed by atoms with Crippen LogP contribution in [0.15, 0.2) is 0 Å². The van der Waals surface area contributed by atoms with Crippen LogP contribution in [0, 0.1) is 0 Å². The Morgan fingerprint density at radius 2 is 1.35 bits per heavy atom. The van der Waals surface area contributed by atoms with Gasteiger partial charge < -0.3 is 20.3 Å². The van der Waals surface area contributed by atoms with Gasteiger partial charge in [-0.25, -0.2) is 14.4 Å². The smallest absolute Gasteiger partial charge is 0.420 e. The summed E-state index contributed by atoms with van der Waals surface area (Å²) in [6.07, 6.45) is -2.14. The van der Waals surface area contributed by atoms with Crippen molar-refractivity contribution in [3.05, 3.63) is 0 Å². The SMILES string of the molecule is NCCCC[C@@H](C(=O)O)N(C(=O)OCC(Cl)(Cl)Cl)C(=O)OCC(Cl)(Cl)Cl. The van der Waals surface area contributed by atoms with Crippen molar-refractivity contribution in [2.75, 3.05) is 19.8 Å². The summed E-state index contributed by atoms with van der Waals surface area (Å²) in [5.74, 6) is -1.49. The first kappa shape index (κ1) is 25.9. The fourth-order valence-electron chi connectivity index (χ4n) is 1.60. The number of aliphatic carboxylic acids is 1. The highest BCUT2D eigenvalue weighted by Crippen LogP contribution is 2.28. The molecule has 2 amide bonds. The van der Waals surface area contributed by atoms with Crippen LogP contribution in [0.4, 0.5) is 9.59 Å². The largest absolute Gasteiger partial charge is 0.480 e. The summed E-state index contributed by atoms with van der Waals surface area (Å²) in [6.45, 7) is -1.18. The molecule has 0 aliphatic rings. The Morgan fingerprint density at radius 3 is 1.65 bits per heavy atom. The average Bonchev–Trinajstić information content (AvgIpc) is 2.48. The molecule has 152 valence electrons. The molecule has 0 heterocycles. The highest BCUT2D eigenvalue weighted by molar-refractivity contribution is 6.68. The van der Waals surface area contributed by atoms with Gasteiger partial charge in [0.05, 0.1) is 0 Å². The van der Waals surface area contributed by atoms with Crippen LogP contribution in [0.5, 0.6) is 0 Å². The van der Waals surface area contributed by atoms with E-state index in [1.54, 1.807) is 0 Å². The van der Waals surface area contributed by atoms with Crippen molar-refractivity contribution in [2.24, 2.45) is 5.73 Å². The van der Waals surface area contributed by atoms with Crippen LogP contribution in [0.1, 0.15) is 19.3 Å². The minimum Gasteiger partial charge on any atom is -0.480 e. The van der Waals surface area contributed by atoms with E-state index in [1.807, 2.05) is 0 Å². The summed E-state index contributed by atoms with van der Waals surface area (Å²) < 4.78 is 5.38. The number of rotatable bonds is 8. The normalized spacial score (nSPS) is 13.0. The molecule has 0 aliphatic carbocycles. The fraction of sp³-hybridized carbons (Fsp3) is 0.750. The van der Waals surface area contributed by atoms with Gasteiger partial charge in [-0.2, -0.15) is 4.90 Å². The molecule has 26 heavy (non-hydrogen) atoms. The number of carbonyl (C=O) groups excluding carboxylic acids is 2. The Labute approximate surface area is 179 Å². The Balaban J connectivity index is 5.36. The fourth-order valence-corrected chi connectivity index (χ4v) is 1.93. The molecule has 0 aromatic rings. The summed E-state index contributed by atoms with van der Waals surface area (Å²) in [5.41, 5.74) is 5.35. The highest BCUT2D eigenvalue weighted by Gasteiger charge is 2.39. The van der Waals surface area contributed by atoms with Crippen LogP contribution in [0.3, 0.4) is 0 Å². The number of hydrogen-bond donors (Lipinski definition) is 2. The lowest BCUT2D eigenvalue weighted by atomic mass is 10.1. The molecule has 0 aromatic heterocycles. The maximum atomic E-state index is 12.2. The van der Waals surface area contributed by atoms with E-state index < -0.39 is 45.0 Å². The molecular formula is C12H16Cl6N2O6. The van der Waals surface area contributed by atoms with Crippen molar-refractivity contribution < 1.29 is 29.0 Å². The van der Waals surface area contributed by atoms with Crippen LogP contribution in [-0.2, 0) is 14.3 Å². The summed E-state index contributed by atoms with van der Waals surface area (Å²) in [4.78, 5) is 36.1. The highest BCUT2D eigenvalue weighted by atomic mass is 35.6. The first-order chi connectivity index (χ1) is 11.8. The molecule has 3 N–H and O–H groups in total. The molecule has 0 unspecified atom stereocenters. The molecule has 0 aliphatic heterocycles. The molecule has 0 saturated heterocycles. The average molecular weight is 497 g/mol. The third-order valence-corrected chi connectivity index (χ3v) is 3.30. The van der Waals surface area contributed by atoms with E-state index in [9.17, 15) is 19.5 Å². The lowest BCUT2D eigenvalue weighted by Gasteiger charge is -2.27. The second-order valence-corrected chi connectivity index (χ2v) is 9.88. The molecule has 0 saturated carbocycles. The zero-order valence-electron chi connectivity index (χ0n) is 13.1. The number of alkyl halides is 6. The first-order valence-electron chi connectivity index (χ1n) is 6.97. The summed E-state index contributed by atoms with van der Waals surface area (Å²) in [6, 6.07) is -1.62. The van der Waals surface area contributed by atoms with Crippen molar-refractivity contribution in [1.82, 2.24) is 4.90 Å². The maximum Gasteiger partial charge on any atom is 0.420 e. The number of nitrogens with zero attached hydrogens (tertiary/aromatic N) is 1. The molecule has 0 bridgehead atoms. The minimum atomic E-state index is -1.97. The Hall–Kier alpha value is -0.0900. The number of ether oxygens (including phenoxy) is 2. The van der Waals surface area contributed by atoms with Gasteiger partial charge in [0.2, 0.25) is 7.59 Å². The van der Waals surface area contributed by atoms with Gasteiger partial charge in [-0.05, 0) is 25.8 Å². The predicted octanol–water partition coefficient (Wildman–Crippen LogP) is 3.88. The zero-order chi connectivity index (χ0) is 20.5. The quantitative estimate of drug-likeness (QED) is 0.386. The standard InChI is InChI=1S/C12H16Cl6N2O6/c13-11(14,15)5-25-9(23)20(10(24)26-6-12(16,17)18)7(8(21)22)3-1-2-4-19/h7H,1-6,19H2,(H,21,22)/t7-/m0/s1. The lowest BCUT2D eigenvalue weighted by molar-refractivity contribution is -0.142. The van der Waals surface area contributed by atoms with Crippen LogP contribution < -0.4 is 5.73 Å². The number of unbranched alkanes of at least 4 members (excludes halogenated alkanes) is 1. The number of imide groups is 1. The van der Waals surface area contributed by atoms with Gasteiger partial charge in [0.1, 0.15) is 19.3 Å². The van der Waals surface area contributed by atoms with E-state index in [0.717, 1.165) is 0 Å². The summed E-state index contributed by atoms with van der Waals surface area (Å²) >= 11 is 32.8. The first-order valence-corrected chi connectivity index (χ1v) is 9.24. The molecule has 0 spiro atoms. The lowest BCUT2D eigenvalue weighted by Crippen LogP contribution is -2.50. The number of hydrogen-bond acceptors (Lipinski definition) is 6. The number of carboxylic acids is 1. The van der Waals surface area contributed by atoms with E-state index in [2.05, 4.69) is 9.47 Å². The van der Waals surface area contributed by atoms with Crippen molar-refractivity contribution in [3.63, 3.8) is 0 Å². The maximum absolute atomic E-state index is 12.2. The van der Waals surface area contributed by atoms with E-state index in [-0.39, 0.29) is 11.3 Å². The van der Waals surface area contributed by atoms with Gasteiger partial charge in [0.25, 0.3) is 0 Å². The van der Waals surface area contributed by atoms with Gasteiger partial charge >= 0.3 is 18.2 Å². The molecule has 0 fully saturated rings. The van der Waals surface area contributed by atoms with Gasteiger partial charge in [0.15, 0.2) is 0 Å². The van der Waals surface area contributed by atoms with E-state index in [4.69, 9.17) is 75.3 Å². The van der Waals surface area contributed by atoms with Crippen LogP contribution in [-0.4, -0.2) is 61.5 Å². The third kappa shape index (κ3) is 11.6. The van der Waals surface area contributed by atoms with Crippen molar-refractivity contribution in [3.8, 4) is 0 Å². The molecule has 1 atom stereocenters. The molecule has 0 aromatic carbocycles. The van der Waals surface area contributed by atoms with Crippen molar-refractivity contribution in [2.45, 2.75) is 32.9 Å². The minimum absolute atomic E-state index is 0.113. The number of carboxylic acid groups (broad SMARTS) is 1. The third-order valence-electron chi connectivity index (χ3n) is 2.64. The molecule has 14 heteroatoms. The number of halogens is 6. The molecule has 0 radical (unpaired) electrons. The monoisotopic (exact) mass is 494 g/mol. The Bertz CT molecular complexity index is 466. The van der Waals surface area contributed by atoms with Crippen LogP contribution in [0.25, 0.3) is 0 Å². The molecule has 0 rings (SSSR count). The summed E-state index contributed by atoms with van der Waals surface area (Å²) in [5, 5.41) is 9.35. The Morgan fingerprint density at radius 1 is 0.923 bits per heavy atom. The van der Waals surface area contributed by atoms with Gasteiger partial charge in [0, 0.05) is 0 Å².